The Hall–Kier alpha value is -0.0900. The Morgan fingerprint density at radius 2 is 2.00 bits per heavy atom. The van der Waals surface area contributed by atoms with Crippen molar-refractivity contribution in [2.75, 3.05) is 0 Å². The zero-order valence-corrected chi connectivity index (χ0v) is 10.4. The van der Waals surface area contributed by atoms with Crippen LogP contribution in [0.3, 0.4) is 0 Å². The molecule has 3 nitrogen and oxygen atoms in total. The quantitative estimate of drug-likeness (QED) is 0.326. The van der Waals surface area contributed by atoms with Gasteiger partial charge in [-0.3, -0.25) is 10.2 Å². The molecule has 0 aromatic carbocycles. The minimum Gasteiger partial charge on any atom is -0.294 e. The number of hydrogen-bond donors (Lipinski definition) is 2. The summed E-state index contributed by atoms with van der Waals surface area (Å²) in [6, 6.07) is 0. The van der Waals surface area contributed by atoms with Crippen molar-refractivity contribution in [3.8, 4) is 0 Å². The van der Waals surface area contributed by atoms with Crippen molar-refractivity contribution in [3.05, 3.63) is 0 Å². The van der Waals surface area contributed by atoms with Gasteiger partial charge >= 0.3 is 0 Å². The zero-order valence-electron chi connectivity index (χ0n) is 8.86. The summed E-state index contributed by atoms with van der Waals surface area (Å²) in [4.78, 5) is 12.1. The van der Waals surface area contributed by atoms with Crippen LogP contribution in [0.25, 0.3) is 0 Å². The van der Waals surface area contributed by atoms with Gasteiger partial charge in [-0.1, -0.05) is 36.7 Å². The van der Waals surface area contributed by atoms with Gasteiger partial charge in [-0.05, 0) is 23.7 Å². The van der Waals surface area contributed by atoms with Crippen molar-refractivity contribution in [2.45, 2.75) is 38.4 Å². The minimum absolute atomic E-state index is 0.0145. The van der Waals surface area contributed by atoms with E-state index < -0.39 is 0 Å². The Morgan fingerprint density at radius 3 is 2.29 bits per heavy atom. The molecule has 0 saturated heterocycles. The first-order valence-electron chi connectivity index (χ1n) is 5.00. The number of alkyl halides is 1. The van der Waals surface area contributed by atoms with E-state index in [9.17, 15) is 4.79 Å². The molecule has 0 aromatic rings. The summed E-state index contributed by atoms with van der Waals surface area (Å²) < 4.78 is 0. The van der Waals surface area contributed by atoms with E-state index in [0.717, 1.165) is 12.8 Å². The van der Waals surface area contributed by atoms with Gasteiger partial charge in [-0.15, -0.1) is 0 Å². The minimum atomic E-state index is -0.295. The van der Waals surface area contributed by atoms with Gasteiger partial charge < -0.3 is 0 Å². The molecule has 3 N–H and O–H groups in total. The molecule has 3 aliphatic carbocycles. The van der Waals surface area contributed by atoms with Crippen LogP contribution in [0.4, 0.5) is 0 Å². The summed E-state index contributed by atoms with van der Waals surface area (Å²) in [6.07, 6.45) is 2.04. The lowest BCUT2D eigenvalue weighted by atomic mass is 9.43. The number of nitrogens with one attached hydrogen (secondary N) is 1. The number of nitrogens with two attached hydrogens (primary N) is 1. The second-order valence-electron chi connectivity index (χ2n) is 5.35. The molecule has 0 aliphatic heterocycles. The lowest BCUT2D eigenvalue weighted by Gasteiger charge is -2.63. The summed E-state index contributed by atoms with van der Waals surface area (Å²) in [5.41, 5.74) is 2.30. The highest BCUT2D eigenvalue weighted by atomic mass is 79.9. The standard InChI is InChI=1S/C10H17BrN2O/c1-8(2)9(3)4-5-10(8,6(9)11)7(14)13-12/h6H,4-5,12H2,1-3H3,(H,13,14)/t6-,9+,10-/m1/s1. The first-order valence-corrected chi connectivity index (χ1v) is 5.91. The lowest BCUT2D eigenvalue weighted by Crippen LogP contribution is -2.69. The molecule has 0 aromatic heterocycles. The SMILES string of the molecule is CC1(C)[C@@]2(C)CC[C@]1(C(=O)NN)[C@@H]2Br. The highest BCUT2D eigenvalue weighted by molar-refractivity contribution is 9.09. The number of halogens is 1. The lowest BCUT2D eigenvalue weighted by molar-refractivity contribution is -0.161. The maximum Gasteiger partial charge on any atom is 0.241 e. The zero-order chi connectivity index (χ0) is 10.8. The van der Waals surface area contributed by atoms with E-state index in [1.54, 1.807) is 0 Å². The van der Waals surface area contributed by atoms with E-state index in [1.807, 2.05) is 0 Å². The van der Waals surface area contributed by atoms with Gasteiger partial charge in [0.15, 0.2) is 0 Å². The molecule has 3 atom stereocenters. The Bertz CT molecular complexity index is 304. The molecule has 2 bridgehead atoms. The molecule has 3 rings (SSSR count). The van der Waals surface area contributed by atoms with Crippen LogP contribution >= 0.6 is 15.9 Å². The highest BCUT2D eigenvalue weighted by Gasteiger charge is 2.79. The first-order chi connectivity index (χ1) is 6.34. The molecule has 3 saturated carbocycles. The molecule has 0 spiro atoms. The predicted octanol–water partition coefficient (Wildman–Crippen LogP) is 1.57. The van der Waals surface area contributed by atoms with Gasteiger partial charge in [0.05, 0.1) is 5.41 Å². The predicted molar refractivity (Wildman–Crippen MR) is 58.6 cm³/mol. The molecule has 1 amide bonds. The Labute approximate surface area is 92.9 Å². The van der Waals surface area contributed by atoms with E-state index in [0.29, 0.717) is 0 Å². The maximum absolute atomic E-state index is 11.9. The summed E-state index contributed by atoms with van der Waals surface area (Å²) >= 11 is 3.67. The fourth-order valence-electron chi connectivity index (χ4n) is 3.59. The summed E-state index contributed by atoms with van der Waals surface area (Å²) in [7, 11) is 0. The van der Waals surface area contributed by atoms with Crippen LogP contribution in [0.2, 0.25) is 0 Å². The summed E-state index contributed by atoms with van der Waals surface area (Å²) in [5.74, 6) is 5.25. The van der Waals surface area contributed by atoms with Gasteiger partial charge in [-0.25, -0.2) is 5.84 Å². The van der Waals surface area contributed by atoms with Crippen LogP contribution in [0.5, 0.6) is 0 Å². The van der Waals surface area contributed by atoms with Crippen molar-refractivity contribution in [2.24, 2.45) is 22.1 Å². The highest BCUT2D eigenvalue weighted by Crippen LogP contribution is 2.79. The van der Waals surface area contributed by atoms with E-state index >= 15 is 0 Å². The van der Waals surface area contributed by atoms with Crippen molar-refractivity contribution in [1.82, 2.24) is 5.43 Å². The molecule has 4 heteroatoms. The van der Waals surface area contributed by atoms with Crippen molar-refractivity contribution in [1.29, 1.82) is 0 Å². The van der Waals surface area contributed by atoms with Gasteiger partial charge in [0.25, 0.3) is 0 Å². The number of carbonyl (C=O) groups excluding carboxylic acids is 1. The van der Waals surface area contributed by atoms with Gasteiger partial charge in [-0.2, -0.15) is 0 Å². The number of rotatable bonds is 1. The monoisotopic (exact) mass is 260 g/mol. The van der Waals surface area contributed by atoms with Crippen molar-refractivity contribution < 1.29 is 4.79 Å². The molecule has 0 radical (unpaired) electrons. The summed E-state index contributed by atoms with van der Waals surface area (Å²) in [5, 5.41) is 0. The molecule has 0 unspecified atom stereocenters. The third kappa shape index (κ3) is 0.703. The van der Waals surface area contributed by atoms with Gasteiger partial charge in [0.2, 0.25) is 5.91 Å². The maximum atomic E-state index is 11.9. The van der Waals surface area contributed by atoms with Crippen molar-refractivity contribution in [3.63, 3.8) is 0 Å². The average Bonchev–Trinajstić information content (AvgIpc) is 2.54. The fraction of sp³-hybridized carbons (Fsp3) is 0.900. The smallest absolute Gasteiger partial charge is 0.241 e. The number of hydrogen-bond acceptors (Lipinski definition) is 2. The molecule has 0 heterocycles. The molecular formula is C10H17BrN2O. The largest absolute Gasteiger partial charge is 0.294 e. The summed E-state index contributed by atoms with van der Waals surface area (Å²) in [6.45, 7) is 6.60. The van der Waals surface area contributed by atoms with Crippen LogP contribution in [-0.2, 0) is 4.79 Å². The van der Waals surface area contributed by atoms with Crippen LogP contribution in [-0.4, -0.2) is 10.7 Å². The normalized spacial score (nSPS) is 48.5. The van der Waals surface area contributed by atoms with Crippen LogP contribution in [0.1, 0.15) is 33.6 Å². The molecule has 80 valence electrons. The number of fused-ring (bicyclic) bond motifs is 1. The third-order valence-electron chi connectivity index (χ3n) is 5.11. The Kier molecular flexibility index (Phi) is 1.88. The molecule has 14 heavy (non-hydrogen) atoms. The van der Waals surface area contributed by atoms with E-state index in [4.69, 9.17) is 5.84 Å². The molecular weight excluding hydrogens is 244 g/mol. The van der Waals surface area contributed by atoms with E-state index in [2.05, 4.69) is 42.1 Å². The second-order valence-corrected chi connectivity index (χ2v) is 6.27. The van der Waals surface area contributed by atoms with Crippen LogP contribution in [0.15, 0.2) is 0 Å². The van der Waals surface area contributed by atoms with Gasteiger partial charge in [0.1, 0.15) is 0 Å². The Morgan fingerprint density at radius 1 is 1.43 bits per heavy atom. The first kappa shape index (κ1) is 10.4. The van der Waals surface area contributed by atoms with E-state index in [-0.39, 0.29) is 27.0 Å². The van der Waals surface area contributed by atoms with Crippen molar-refractivity contribution >= 4 is 21.8 Å². The third-order valence-corrected chi connectivity index (χ3v) is 6.90. The van der Waals surface area contributed by atoms with Gasteiger partial charge in [0, 0.05) is 4.83 Å². The fourth-order valence-corrected chi connectivity index (χ4v) is 5.40. The Balaban J connectivity index is 2.44. The average molecular weight is 261 g/mol. The number of carbonyl (C=O) groups is 1. The van der Waals surface area contributed by atoms with Crippen LogP contribution in [0, 0.1) is 16.2 Å². The number of hydrazine groups is 1. The molecule has 3 aliphatic rings. The van der Waals surface area contributed by atoms with Crippen LogP contribution < -0.4 is 11.3 Å². The number of amides is 1. The second kappa shape index (κ2) is 2.53. The topological polar surface area (TPSA) is 55.1 Å². The molecule has 3 fully saturated rings. The van der Waals surface area contributed by atoms with E-state index in [1.165, 1.54) is 0 Å².